The third-order valence-corrected chi connectivity index (χ3v) is 3.59. The highest BCUT2D eigenvalue weighted by Gasteiger charge is 2.01. The normalized spacial score (nSPS) is 11.5. The second kappa shape index (κ2) is 8.39. The smallest absolute Gasteiger partial charge is 0.188 e. The lowest BCUT2D eigenvalue weighted by Gasteiger charge is -2.06. The molecule has 0 saturated heterocycles. The summed E-state index contributed by atoms with van der Waals surface area (Å²) in [5, 5.41) is 3.50. The van der Waals surface area contributed by atoms with E-state index >= 15 is 0 Å². The molecule has 3 N–H and O–H groups in total. The Labute approximate surface area is 135 Å². The molecule has 0 aliphatic carbocycles. The lowest BCUT2D eigenvalue weighted by atomic mass is 10.1. The summed E-state index contributed by atoms with van der Waals surface area (Å²) in [5.74, 6) is 0.0773. The minimum Gasteiger partial charge on any atom is -0.370 e. The van der Waals surface area contributed by atoms with Crippen LogP contribution in [0.1, 0.15) is 11.1 Å². The molecule has 0 atom stereocenters. The van der Waals surface area contributed by atoms with Gasteiger partial charge >= 0.3 is 0 Å². The fourth-order valence-electron chi connectivity index (χ4n) is 2.06. The van der Waals surface area contributed by atoms with E-state index in [9.17, 15) is 4.39 Å². The molecule has 0 bridgehead atoms. The molecule has 5 heteroatoms. The van der Waals surface area contributed by atoms with Gasteiger partial charge in [-0.25, -0.2) is 4.39 Å². The van der Waals surface area contributed by atoms with Crippen molar-refractivity contribution in [1.82, 2.24) is 5.32 Å². The number of hydrogen-bond acceptors (Lipinski definition) is 1. The third-order valence-electron chi connectivity index (χ3n) is 3.24. The molecule has 0 aromatic heterocycles. The van der Waals surface area contributed by atoms with Gasteiger partial charge in [-0.05, 0) is 36.1 Å². The molecule has 0 aliphatic rings. The number of nitrogens with zero attached hydrogens (tertiary/aromatic N) is 1. The van der Waals surface area contributed by atoms with E-state index in [4.69, 9.17) is 17.3 Å². The zero-order chi connectivity index (χ0) is 15.8. The van der Waals surface area contributed by atoms with E-state index in [1.807, 2.05) is 18.2 Å². The predicted octanol–water partition coefficient (Wildman–Crippen LogP) is 3.17. The summed E-state index contributed by atoms with van der Waals surface area (Å²) in [6.45, 7) is 1.24. The summed E-state index contributed by atoms with van der Waals surface area (Å²) in [6, 6.07) is 14.5. The number of halogens is 2. The zero-order valence-corrected chi connectivity index (χ0v) is 13.0. The number of nitrogens with one attached hydrogen (secondary N) is 1. The standard InChI is InChI=1S/C17H19ClFN3/c18-16-12-15(19)7-6-14(16)9-11-22-17(20)21-10-8-13-4-2-1-3-5-13/h1-7,12H,8-11H2,(H3,20,21,22). The molecule has 22 heavy (non-hydrogen) atoms. The Morgan fingerprint density at radius 1 is 1.14 bits per heavy atom. The van der Waals surface area contributed by atoms with E-state index in [0.717, 1.165) is 18.5 Å². The number of hydrogen-bond donors (Lipinski definition) is 2. The van der Waals surface area contributed by atoms with Gasteiger partial charge in [0.1, 0.15) is 5.82 Å². The van der Waals surface area contributed by atoms with Crippen molar-refractivity contribution in [2.24, 2.45) is 10.7 Å². The first-order valence-corrected chi connectivity index (χ1v) is 7.54. The van der Waals surface area contributed by atoms with Crippen LogP contribution >= 0.6 is 11.6 Å². The van der Waals surface area contributed by atoms with Gasteiger partial charge in [0.05, 0.1) is 0 Å². The molecule has 116 valence electrons. The van der Waals surface area contributed by atoms with Gasteiger partial charge in [0.25, 0.3) is 0 Å². The Balaban J connectivity index is 1.73. The molecule has 0 radical (unpaired) electrons. The first kappa shape index (κ1) is 16.3. The Morgan fingerprint density at radius 2 is 1.91 bits per heavy atom. The minimum atomic E-state index is -0.334. The van der Waals surface area contributed by atoms with Crippen LogP contribution in [0.15, 0.2) is 53.5 Å². The van der Waals surface area contributed by atoms with Gasteiger partial charge in [-0.2, -0.15) is 0 Å². The Morgan fingerprint density at radius 3 is 2.64 bits per heavy atom. The fraction of sp³-hybridized carbons (Fsp3) is 0.235. The SMILES string of the molecule is NC(=NCCc1ccc(F)cc1Cl)NCCc1ccccc1. The summed E-state index contributed by atoms with van der Waals surface area (Å²) in [6.07, 6.45) is 1.51. The van der Waals surface area contributed by atoms with Crippen LogP contribution in [0.5, 0.6) is 0 Å². The maximum atomic E-state index is 12.9. The number of benzene rings is 2. The van der Waals surface area contributed by atoms with Crippen LogP contribution in [-0.2, 0) is 12.8 Å². The topological polar surface area (TPSA) is 50.4 Å². The quantitative estimate of drug-likeness (QED) is 0.634. The van der Waals surface area contributed by atoms with Crippen molar-refractivity contribution in [2.45, 2.75) is 12.8 Å². The van der Waals surface area contributed by atoms with Crippen molar-refractivity contribution in [3.8, 4) is 0 Å². The van der Waals surface area contributed by atoms with Gasteiger partial charge in [0, 0.05) is 18.1 Å². The van der Waals surface area contributed by atoms with E-state index in [2.05, 4.69) is 22.4 Å². The number of rotatable bonds is 6. The molecule has 2 aromatic rings. The molecular formula is C17H19ClFN3. The summed E-state index contributed by atoms with van der Waals surface area (Å²) in [7, 11) is 0. The molecule has 0 spiro atoms. The molecule has 0 heterocycles. The molecule has 3 nitrogen and oxygen atoms in total. The monoisotopic (exact) mass is 319 g/mol. The fourth-order valence-corrected chi connectivity index (χ4v) is 2.32. The maximum absolute atomic E-state index is 12.9. The van der Waals surface area contributed by atoms with Gasteiger partial charge in [-0.15, -0.1) is 0 Å². The van der Waals surface area contributed by atoms with Crippen LogP contribution in [-0.4, -0.2) is 19.0 Å². The van der Waals surface area contributed by atoms with Crippen molar-refractivity contribution in [3.05, 3.63) is 70.5 Å². The van der Waals surface area contributed by atoms with E-state index in [1.54, 1.807) is 6.07 Å². The number of nitrogens with two attached hydrogens (primary N) is 1. The van der Waals surface area contributed by atoms with Crippen LogP contribution in [0.25, 0.3) is 0 Å². The first-order valence-electron chi connectivity index (χ1n) is 7.17. The van der Waals surface area contributed by atoms with Crippen molar-refractivity contribution < 1.29 is 4.39 Å². The van der Waals surface area contributed by atoms with E-state index < -0.39 is 0 Å². The molecule has 0 saturated carbocycles. The molecule has 0 amide bonds. The first-order chi connectivity index (χ1) is 10.6. The Kier molecular flexibility index (Phi) is 6.22. The van der Waals surface area contributed by atoms with Crippen LogP contribution < -0.4 is 11.1 Å². The molecule has 2 aromatic carbocycles. The Bertz CT molecular complexity index is 629. The highest BCUT2D eigenvalue weighted by Crippen LogP contribution is 2.17. The molecule has 0 fully saturated rings. The molecule has 0 aliphatic heterocycles. The lowest BCUT2D eigenvalue weighted by Crippen LogP contribution is -2.33. The Hall–Kier alpha value is -2.07. The second-order valence-corrected chi connectivity index (χ2v) is 5.32. The van der Waals surface area contributed by atoms with Gasteiger partial charge in [0.2, 0.25) is 0 Å². The van der Waals surface area contributed by atoms with Gasteiger partial charge < -0.3 is 11.1 Å². The summed E-state index contributed by atoms with van der Waals surface area (Å²) in [4.78, 5) is 4.25. The predicted molar refractivity (Wildman–Crippen MR) is 89.8 cm³/mol. The third kappa shape index (κ3) is 5.37. The largest absolute Gasteiger partial charge is 0.370 e. The van der Waals surface area contributed by atoms with Crippen molar-refractivity contribution >= 4 is 17.6 Å². The van der Waals surface area contributed by atoms with E-state index in [-0.39, 0.29) is 5.82 Å². The average molecular weight is 320 g/mol. The lowest BCUT2D eigenvalue weighted by molar-refractivity contribution is 0.627. The van der Waals surface area contributed by atoms with Crippen molar-refractivity contribution in [1.29, 1.82) is 0 Å². The second-order valence-electron chi connectivity index (χ2n) is 4.92. The van der Waals surface area contributed by atoms with Crippen molar-refractivity contribution in [3.63, 3.8) is 0 Å². The van der Waals surface area contributed by atoms with Crippen LogP contribution in [0.3, 0.4) is 0 Å². The molecule has 0 unspecified atom stereocenters. The zero-order valence-electron chi connectivity index (χ0n) is 12.2. The summed E-state index contributed by atoms with van der Waals surface area (Å²) >= 11 is 5.96. The maximum Gasteiger partial charge on any atom is 0.188 e. The summed E-state index contributed by atoms with van der Waals surface area (Å²) < 4.78 is 12.9. The molecular weight excluding hydrogens is 301 g/mol. The van der Waals surface area contributed by atoms with Gasteiger partial charge in [-0.1, -0.05) is 48.0 Å². The number of guanidine groups is 1. The van der Waals surface area contributed by atoms with E-state index in [0.29, 0.717) is 23.9 Å². The van der Waals surface area contributed by atoms with Crippen LogP contribution in [0.2, 0.25) is 5.02 Å². The number of aliphatic imine (C=N–C) groups is 1. The highest BCUT2D eigenvalue weighted by atomic mass is 35.5. The van der Waals surface area contributed by atoms with Crippen molar-refractivity contribution in [2.75, 3.05) is 13.1 Å². The average Bonchev–Trinajstić information content (AvgIpc) is 2.50. The van der Waals surface area contributed by atoms with Crippen LogP contribution in [0.4, 0.5) is 4.39 Å². The molecule has 2 rings (SSSR count). The van der Waals surface area contributed by atoms with Gasteiger partial charge in [0.15, 0.2) is 5.96 Å². The highest BCUT2D eigenvalue weighted by molar-refractivity contribution is 6.31. The van der Waals surface area contributed by atoms with Gasteiger partial charge in [-0.3, -0.25) is 4.99 Å². The van der Waals surface area contributed by atoms with Crippen LogP contribution in [0, 0.1) is 5.82 Å². The van der Waals surface area contributed by atoms with E-state index in [1.165, 1.54) is 17.7 Å². The summed E-state index contributed by atoms with van der Waals surface area (Å²) in [5.41, 5.74) is 7.93. The minimum absolute atomic E-state index is 0.334.